The van der Waals surface area contributed by atoms with Crippen LogP contribution >= 0.6 is 0 Å². The van der Waals surface area contributed by atoms with Gasteiger partial charge < -0.3 is 19.9 Å². The Bertz CT molecular complexity index is 766. The van der Waals surface area contributed by atoms with Crippen molar-refractivity contribution >= 4 is 23.3 Å². The minimum absolute atomic E-state index is 0.100. The number of ether oxygens (including phenoxy) is 1. The second kappa shape index (κ2) is 7.86. The summed E-state index contributed by atoms with van der Waals surface area (Å²) in [6, 6.07) is 10.8. The largest absolute Gasteiger partial charge is 0.497 e. The average Bonchev–Trinajstić information content (AvgIpc) is 2.69. The summed E-state index contributed by atoms with van der Waals surface area (Å²) in [6.45, 7) is 4.45. The molecule has 0 radical (unpaired) electrons. The smallest absolute Gasteiger partial charge is 0.257 e. The third kappa shape index (κ3) is 4.11. The third-order valence-corrected chi connectivity index (χ3v) is 4.41. The lowest BCUT2D eigenvalue weighted by Crippen LogP contribution is -2.48. The van der Waals surface area contributed by atoms with Crippen LogP contribution in [0.15, 0.2) is 42.6 Å². The molecule has 1 aliphatic heterocycles. The molecule has 0 aliphatic carbocycles. The molecule has 0 spiro atoms. The van der Waals surface area contributed by atoms with Gasteiger partial charge in [-0.3, -0.25) is 9.59 Å². The number of methoxy groups -OCH3 is 1. The molecule has 1 aromatic heterocycles. The Hall–Kier alpha value is -3.09. The molecule has 0 atom stereocenters. The van der Waals surface area contributed by atoms with Gasteiger partial charge >= 0.3 is 0 Å². The molecular formula is C19H22N4O3. The molecule has 7 nitrogen and oxygen atoms in total. The molecule has 0 saturated carbocycles. The number of carbonyl (C=O) groups excluding carboxylic acids is 2. The first-order chi connectivity index (χ1) is 12.6. The Labute approximate surface area is 152 Å². The number of pyridine rings is 1. The van der Waals surface area contributed by atoms with Gasteiger partial charge in [-0.15, -0.1) is 0 Å². The number of amides is 2. The van der Waals surface area contributed by atoms with E-state index in [1.165, 1.54) is 0 Å². The predicted octanol–water partition coefficient (Wildman–Crippen LogP) is 2.01. The second-order valence-corrected chi connectivity index (χ2v) is 6.08. The quantitative estimate of drug-likeness (QED) is 0.909. The lowest BCUT2D eigenvalue weighted by molar-refractivity contribution is -0.129. The molecule has 2 aromatic rings. The number of aromatic nitrogens is 1. The fourth-order valence-corrected chi connectivity index (χ4v) is 2.84. The van der Waals surface area contributed by atoms with E-state index in [0.717, 1.165) is 24.7 Å². The molecule has 136 valence electrons. The van der Waals surface area contributed by atoms with Crippen LogP contribution in [-0.4, -0.2) is 55.0 Å². The third-order valence-electron chi connectivity index (χ3n) is 4.41. The van der Waals surface area contributed by atoms with Crippen molar-refractivity contribution in [2.75, 3.05) is 43.5 Å². The van der Waals surface area contributed by atoms with Gasteiger partial charge in [0.1, 0.15) is 11.6 Å². The number of hydrogen-bond donors (Lipinski definition) is 1. The SMILES string of the molecule is COc1ccc(NC(=O)c2ccc(N3CCN(C(C)=O)CC3)nc2)cc1. The van der Waals surface area contributed by atoms with Gasteiger partial charge in [0.05, 0.1) is 12.7 Å². The van der Waals surface area contributed by atoms with Crippen molar-refractivity contribution in [2.45, 2.75) is 6.92 Å². The molecule has 26 heavy (non-hydrogen) atoms. The summed E-state index contributed by atoms with van der Waals surface area (Å²) in [6.07, 6.45) is 1.57. The van der Waals surface area contributed by atoms with Gasteiger partial charge in [0.2, 0.25) is 5.91 Å². The van der Waals surface area contributed by atoms with Crippen molar-refractivity contribution in [2.24, 2.45) is 0 Å². The maximum atomic E-state index is 12.3. The molecule has 1 saturated heterocycles. The van der Waals surface area contributed by atoms with Crippen LogP contribution in [-0.2, 0) is 4.79 Å². The number of nitrogens with zero attached hydrogens (tertiary/aromatic N) is 3. The van der Waals surface area contributed by atoms with Crippen molar-refractivity contribution in [3.8, 4) is 5.75 Å². The van der Waals surface area contributed by atoms with E-state index in [1.54, 1.807) is 50.6 Å². The highest BCUT2D eigenvalue weighted by Gasteiger charge is 2.19. The van der Waals surface area contributed by atoms with Crippen molar-refractivity contribution in [3.63, 3.8) is 0 Å². The number of nitrogens with one attached hydrogen (secondary N) is 1. The maximum absolute atomic E-state index is 12.3. The fraction of sp³-hybridized carbons (Fsp3) is 0.316. The van der Waals surface area contributed by atoms with Crippen LogP contribution in [0, 0.1) is 0 Å². The Balaban J connectivity index is 1.60. The standard InChI is InChI=1S/C19H22N4O3/c1-14(24)22-9-11-23(12-10-22)18-8-3-15(13-20-18)19(25)21-16-4-6-17(26-2)7-5-16/h3-8,13H,9-12H2,1-2H3,(H,21,25). The minimum Gasteiger partial charge on any atom is -0.497 e. The Morgan fingerprint density at radius 3 is 2.27 bits per heavy atom. The Morgan fingerprint density at radius 1 is 1.04 bits per heavy atom. The van der Waals surface area contributed by atoms with E-state index in [4.69, 9.17) is 4.74 Å². The molecular weight excluding hydrogens is 332 g/mol. The number of rotatable bonds is 4. The Morgan fingerprint density at radius 2 is 1.73 bits per heavy atom. The van der Waals surface area contributed by atoms with E-state index in [0.29, 0.717) is 24.3 Å². The van der Waals surface area contributed by atoms with Crippen LogP contribution in [0.2, 0.25) is 0 Å². The second-order valence-electron chi connectivity index (χ2n) is 6.08. The van der Waals surface area contributed by atoms with Gasteiger partial charge in [-0.1, -0.05) is 0 Å². The zero-order chi connectivity index (χ0) is 18.5. The number of benzene rings is 1. The van der Waals surface area contributed by atoms with E-state index in [-0.39, 0.29) is 11.8 Å². The molecule has 2 amide bonds. The van der Waals surface area contributed by atoms with Crippen LogP contribution in [0.4, 0.5) is 11.5 Å². The van der Waals surface area contributed by atoms with Gasteiger partial charge in [0, 0.05) is 45.0 Å². The van der Waals surface area contributed by atoms with Gasteiger partial charge in [0.25, 0.3) is 5.91 Å². The number of carbonyl (C=O) groups is 2. The fourth-order valence-electron chi connectivity index (χ4n) is 2.84. The minimum atomic E-state index is -0.212. The summed E-state index contributed by atoms with van der Waals surface area (Å²) < 4.78 is 5.10. The summed E-state index contributed by atoms with van der Waals surface area (Å²) in [5.74, 6) is 1.44. The van der Waals surface area contributed by atoms with E-state index in [9.17, 15) is 9.59 Å². The van der Waals surface area contributed by atoms with Crippen LogP contribution in [0.5, 0.6) is 5.75 Å². The van der Waals surface area contributed by atoms with Crippen LogP contribution in [0.25, 0.3) is 0 Å². The van der Waals surface area contributed by atoms with E-state index in [2.05, 4.69) is 15.2 Å². The van der Waals surface area contributed by atoms with Crippen molar-refractivity contribution in [1.29, 1.82) is 0 Å². The average molecular weight is 354 g/mol. The molecule has 1 aromatic carbocycles. The van der Waals surface area contributed by atoms with E-state index in [1.807, 2.05) is 11.0 Å². The molecule has 3 rings (SSSR count). The lowest BCUT2D eigenvalue weighted by atomic mass is 10.2. The highest BCUT2D eigenvalue weighted by molar-refractivity contribution is 6.04. The molecule has 1 N–H and O–H groups in total. The number of hydrogen-bond acceptors (Lipinski definition) is 5. The normalized spacial score (nSPS) is 14.1. The highest BCUT2D eigenvalue weighted by atomic mass is 16.5. The highest BCUT2D eigenvalue weighted by Crippen LogP contribution is 2.17. The van der Waals surface area contributed by atoms with Crippen LogP contribution in [0.3, 0.4) is 0 Å². The van der Waals surface area contributed by atoms with E-state index < -0.39 is 0 Å². The summed E-state index contributed by atoms with van der Waals surface area (Å²) >= 11 is 0. The monoisotopic (exact) mass is 354 g/mol. The summed E-state index contributed by atoms with van der Waals surface area (Å²) in [4.78, 5) is 32.1. The van der Waals surface area contributed by atoms with Crippen molar-refractivity contribution in [1.82, 2.24) is 9.88 Å². The number of anilines is 2. The molecule has 1 fully saturated rings. The maximum Gasteiger partial charge on any atom is 0.257 e. The predicted molar refractivity (Wildman–Crippen MR) is 99.7 cm³/mol. The Kier molecular flexibility index (Phi) is 5.36. The van der Waals surface area contributed by atoms with Crippen LogP contribution in [0.1, 0.15) is 17.3 Å². The topological polar surface area (TPSA) is 74.8 Å². The lowest BCUT2D eigenvalue weighted by Gasteiger charge is -2.34. The first-order valence-corrected chi connectivity index (χ1v) is 8.49. The van der Waals surface area contributed by atoms with Crippen molar-refractivity contribution in [3.05, 3.63) is 48.2 Å². The summed E-state index contributed by atoms with van der Waals surface area (Å²) in [5, 5.41) is 2.83. The first-order valence-electron chi connectivity index (χ1n) is 8.49. The zero-order valence-corrected chi connectivity index (χ0v) is 14.9. The molecule has 0 bridgehead atoms. The first kappa shape index (κ1) is 17.7. The van der Waals surface area contributed by atoms with Crippen LogP contribution < -0.4 is 15.0 Å². The van der Waals surface area contributed by atoms with Gasteiger partial charge in [0.15, 0.2) is 0 Å². The van der Waals surface area contributed by atoms with Gasteiger partial charge in [-0.25, -0.2) is 4.98 Å². The van der Waals surface area contributed by atoms with Gasteiger partial charge in [-0.05, 0) is 36.4 Å². The summed E-state index contributed by atoms with van der Waals surface area (Å²) in [5.41, 5.74) is 1.19. The van der Waals surface area contributed by atoms with Gasteiger partial charge in [-0.2, -0.15) is 0 Å². The molecule has 0 unspecified atom stereocenters. The zero-order valence-electron chi connectivity index (χ0n) is 14.9. The molecule has 7 heteroatoms. The summed E-state index contributed by atoms with van der Waals surface area (Å²) in [7, 11) is 1.60. The molecule has 1 aliphatic rings. The van der Waals surface area contributed by atoms with E-state index >= 15 is 0 Å². The van der Waals surface area contributed by atoms with Crippen molar-refractivity contribution < 1.29 is 14.3 Å². The molecule has 2 heterocycles. The number of piperazine rings is 1.